The van der Waals surface area contributed by atoms with Gasteiger partial charge in [-0.05, 0) is 88.7 Å². The van der Waals surface area contributed by atoms with Gasteiger partial charge in [-0.25, -0.2) is 0 Å². The molecular formula is C24H32N2O4. The SMILES string of the molecule is Cc1ccc(NC(=O)C(C)OC(=O)CNC(=O)C23CC4CC(CC(C4)C2)C3)c(C)c1. The quantitative estimate of drug-likeness (QED) is 0.701. The van der Waals surface area contributed by atoms with Gasteiger partial charge in [-0.2, -0.15) is 0 Å². The summed E-state index contributed by atoms with van der Waals surface area (Å²) in [6.45, 7) is 5.25. The minimum absolute atomic E-state index is 0.00839. The Kier molecular flexibility index (Phi) is 5.60. The number of benzene rings is 1. The molecule has 0 heterocycles. The van der Waals surface area contributed by atoms with E-state index in [-0.39, 0.29) is 23.8 Å². The Morgan fingerprint density at radius 2 is 1.67 bits per heavy atom. The van der Waals surface area contributed by atoms with Crippen molar-refractivity contribution in [2.24, 2.45) is 23.2 Å². The number of carbonyl (C=O) groups excluding carboxylic acids is 3. The number of nitrogens with one attached hydrogen (secondary N) is 2. The van der Waals surface area contributed by atoms with Crippen molar-refractivity contribution >= 4 is 23.5 Å². The van der Waals surface area contributed by atoms with Gasteiger partial charge in [0, 0.05) is 11.1 Å². The van der Waals surface area contributed by atoms with Crippen molar-refractivity contribution in [3.63, 3.8) is 0 Å². The molecule has 6 heteroatoms. The Labute approximate surface area is 178 Å². The van der Waals surface area contributed by atoms with Crippen molar-refractivity contribution in [1.29, 1.82) is 0 Å². The fourth-order valence-corrected chi connectivity index (χ4v) is 6.21. The smallest absolute Gasteiger partial charge is 0.326 e. The summed E-state index contributed by atoms with van der Waals surface area (Å²) < 4.78 is 5.25. The maximum atomic E-state index is 12.9. The molecule has 0 aromatic heterocycles. The summed E-state index contributed by atoms with van der Waals surface area (Å²) in [5, 5.41) is 5.60. The van der Waals surface area contributed by atoms with E-state index in [0.717, 1.165) is 30.4 Å². The standard InChI is InChI=1S/C24H32N2O4/c1-14-4-5-20(15(2)6-14)26-22(28)16(3)30-21(27)13-25-23(29)24-10-17-7-18(11-24)9-19(8-17)12-24/h4-6,16-19H,7-13H2,1-3H3,(H,25,29)(H,26,28). The summed E-state index contributed by atoms with van der Waals surface area (Å²) in [7, 11) is 0. The van der Waals surface area contributed by atoms with Crippen LogP contribution in [-0.2, 0) is 19.1 Å². The predicted octanol–water partition coefficient (Wildman–Crippen LogP) is 3.51. The van der Waals surface area contributed by atoms with E-state index in [2.05, 4.69) is 10.6 Å². The third kappa shape index (κ3) is 4.23. The summed E-state index contributed by atoms with van der Waals surface area (Å²) in [5.74, 6) is 1.03. The second-order valence-corrected chi connectivity index (χ2v) is 9.82. The van der Waals surface area contributed by atoms with Gasteiger partial charge in [0.1, 0.15) is 6.54 Å². The molecule has 0 spiro atoms. The number of aryl methyl sites for hydroxylation is 2. The molecule has 5 rings (SSSR count). The first-order valence-corrected chi connectivity index (χ1v) is 11.1. The van der Waals surface area contributed by atoms with Gasteiger partial charge in [0.25, 0.3) is 5.91 Å². The lowest BCUT2D eigenvalue weighted by atomic mass is 9.49. The summed E-state index contributed by atoms with van der Waals surface area (Å²) in [5.41, 5.74) is 2.47. The Morgan fingerprint density at radius 3 is 2.23 bits per heavy atom. The van der Waals surface area contributed by atoms with Crippen molar-refractivity contribution in [3.05, 3.63) is 29.3 Å². The van der Waals surface area contributed by atoms with E-state index in [1.54, 1.807) is 0 Å². The Bertz CT molecular complexity index is 827. The van der Waals surface area contributed by atoms with Crippen LogP contribution in [-0.4, -0.2) is 30.4 Å². The largest absolute Gasteiger partial charge is 0.451 e. The molecule has 0 aliphatic heterocycles. The fourth-order valence-electron chi connectivity index (χ4n) is 6.21. The second-order valence-electron chi connectivity index (χ2n) is 9.82. The van der Waals surface area contributed by atoms with Gasteiger partial charge in [-0.3, -0.25) is 14.4 Å². The number of ether oxygens (including phenoxy) is 1. The highest BCUT2D eigenvalue weighted by Gasteiger charge is 2.54. The maximum Gasteiger partial charge on any atom is 0.326 e. The van der Waals surface area contributed by atoms with E-state index in [9.17, 15) is 14.4 Å². The highest BCUT2D eigenvalue weighted by Crippen LogP contribution is 2.60. The van der Waals surface area contributed by atoms with Crippen LogP contribution >= 0.6 is 0 Å². The van der Waals surface area contributed by atoms with E-state index in [0.29, 0.717) is 23.4 Å². The normalized spacial score (nSPS) is 29.9. The number of hydrogen-bond donors (Lipinski definition) is 2. The molecule has 0 saturated heterocycles. The molecule has 0 radical (unpaired) electrons. The third-order valence-electron chi connectivity index (χ3n) is 7.23. The van der Waals surface area contributed by atoms with Crippen LogP contribution in [0.3, 0.4) is 0 Å². The van der Waals surface area contributed by atoms with Gasteiger partial charge in [0.2, 0.25) is 5.91 Å². The van der Waals surface area contributed by atoms with E-state index in [4.69, 9.17) is 4.74 Å². The Hall–Kier alpha value is -2.37. The zero-order valence-electron chi connectivity index (χ0n) is 18.1. The lowest BCUT2D eigenvalue weighted by Gasteiger charge is -2.55. The van der Waals surface area contributed by atoms with E-state index < -0.39 is 12.1 Å². The average molecular weight is 413 g/mol. The van der Waals surface area contributed by atoms with Gasteiger partial charge < -0.3 is 15.4 Å². The van der Waals surface area contributed by atoms with Crippen molar-refractivity contribution in [3.8, 4) is 0 Å². The second kappa shape index (κ2) is 8.05. The molecule has 4 saturated carbocycles. The Morgan fingerprint density at radius 1 is 1.07 bits per heavy atom. The third-order valence-corrected chi connectivity index (χ3v) is 7.23. The molecule has 4 aliphatic rings. The minimum Gasteiger partial charge on any atom is -0.451 e. The van der Waals surface area contributed by atoms with Gasteiger partial charge in [-0.15, -0.1) is 0 Å². The fraction of sp³-hybridized carbons (Fsp3) is 0.625. The molecule has 4 bridgehead atoms. The molecule has 6 nitrogen and oxygen atoms in total. The minimum atomic E-state index is -0.936. The zero-order valence-corrected chi connectivity index (χ0v) is 18.1. The van der Waals surface area contributed by atoms with Crippen molar-refractivity contribution in [2.75, 3.05) is 11.9 Å². The number of amides is 2. The van der Waals surface area contributed by atoms with Crippen molar-refractivity contribution < 1.29 is 19.1 Å². The van der Waals surface area contributed by atoms with Gasteiger partial charge in [0.05, 0.1) is 0 Å². The molecule has 2 amide bonds. The molecule has 1 unspecified atom stereocenters. The first-order valence-electron chi connectivity index (χ1n) is 11.1. The van der Waals surface area contributed by atoms with E-state index >= 15 is 0 Å². The number of carbonyl (C=O) groups is 3. The van der Waals surface area contributed by atoms with E-state index in [1.807, 2.05) is 32.0 Å². The number of hydrogen-bond acceptors (Lipinski definition) is 4. The molecule has 1 aromatic rings. The van der Waals surface area contributed by atoms with Crippen LogP contribution in [0.25, 0.3) is 0 Å². The topological polar surface area (TPSA) is 84.5 Å². The van der Waals surface area contributed by atoms with Crippen molar-refractivity contribution in [2.45, 2.75) is 65.4 Å². The van der Waals surface area contributed by atoms with Crippen LogP contribution in [0.2, 0.25) is 0 Å². The van der Waals surface area contributed by atoms with Crippen LogP contribution < -0.4 is 10.6 Å². The van der Waals surface area contributed by atoms with Gasteiger partial charge >= 0.3 is 5.97 Å². The summed E-state index contributed by atoms with van der Waals surface area (Å²) in [6.07, 6.45) is 5.72. The number of esters is 1. The zero-order chi connectivity index (χ0) is 21.5. The van der Waals surface area contributed by atoms with Crippen LogP contribution in [0.1, 0.15) is 56.6 Å². The number of rotatable bonds is 6. The molecular weight excluding hydrogens is 380 g/mol. The first kappa shape index (κ1) is 20.9. The first-order chi connectivity index (χ1) is 14.2. The Balaban J connectivity index is 1.26. The van der Waals surface area contributed by atoms with Crippen LogP contribution in [0.4, 0.5) is 5.69 Å². The van der Waals surface area contributed by atoms with Gasteiger partial charge in [0.15, 0.2) is 6.10 Å². The molecule has 4 aliphatic carbocycles. The van der Waals surface area contributed by atoms with Crippen LogP contribution in [0.15, 0.2) is 18.2 Å². The summed E-state index contributed by atoms with van der Waals surface area (Å²) >= 11 is 0. The average Bonchev–Trinajstić information content (AvgIpc) is 2.67. The van der Waals surface area contributed by atoms with Crippen LogP contribution in [0, 0.1) is 37.0 Å². The molecule has 2 N–H and O–H groups in total. The molecule has 30 heavy (non-hydrogen) atoms. The maximum absolute atomic E-state index is 12.9. The van der Waals surface area contributed by atoms with Crippen molar-refractivity contribution in [1.82, 2.24) is 5.32 Å². The lowest BCUT2D eigenvalue weighted by Crippen LogP contribution is -2.54. The van der Waals surface area contributed by atoms with E-state index in [1.165, 1.54) is 26.2 Å². The molecule has 162 valence electrons. The monoisotopic (exact) mass is 412 g/mol. The summed E-state index contributed by atoms with van der Waals surface area (Å²) in [6, 6.07) is 5.73. The summed E-state index contributed by atoms with van der Waals surface area (Å²) in [4.78, 5) is 37.5. The lowest BCUT2D eigenvalue weighted by molar-refractivity contribution is -0.155. The van der Waals surface area contributed by atoms with Gasteiger partial charge in [-0.1, -0.05) is 17.7 Å². The highest BCUT2D eigenvalue weighted by atomic mass is 16.5. The highest BCUT2D eigenvalue weighted by molar-refractivity contribution is 5.96. The van der Waals surface area contributed by atoms with Crippen LogP contribution in [0.5, 0.6) is 0 Å². The number of anilines is 1. The molecule has 1 aromatic carbocycles. The predicted molar refractivity (Wildman–Crippen MR) is 114 cm³/mol. The molecule has 1 atom stereocenters. The molecule has 4 fully saturated rings.